The minimum absolute atomic E-state index is 0.00318. The minimum atomic E-state index is -4.75. The predicted molar refractivity (Wildman–Crippen MR) is 81.3 cm³/mol. The molecule has 24 heavy (non-hydrogen) atoms. The molecule has 0 heterocycles. The molecule has 2 aromatic rings. The summed E-state index contributed by atoms with van der Waals surface area (Å²) in [5.41, 5.74) is 1.11. The number of benzene rings is 2. The van der Waals surface area contributed by atoms with Crippen LogP contribution in [0.15, 0.2) is 42.5 Å². The van der Waals surface area contributed by atoms with Gasteiger partial charge in [-0.2, -0.15) is 0 Å². The summed E-state index contributed by atoms with van der Waals surface area (Å²) in [6.45, 7) is 2.29. The Kier molecular flexibility index (Phi) is 5.33. The highest BCUT2D eigenvalue weighted by Gasteiger charge is 2.30. The molecule has 0 aromatic heterocycles. The van der Waals surface area contributed by atoms with Gasteiger partial charge in [0.15, 0.2) is 0 Å². The van der Waals surface area contributed by atoms with Crippen LogP contribution in [-0.4, -0.2) is 24.0 Å². The molecule has 2 rings (SSSR count). The molecule has 0 aliphatic rings. The Morgan fingerprint density at radius 3 is 2.25 bits per heavy atom. The third-order valence-electron chi connectivity index (χ3n) is 3.09. The van der Waals surface area contributed by atoms with E-state index in [1.54, 1.807) is 6.07 Å². The number of hydrogen-bond acceptors (Lipinski definition) is 3. The van der Waals surface area contributed by atoms with E-state index >= 15 is 0 Å². The van der Waals surface area contributed by atoms with Crippen LogP contribution >= 0.6 is 0 Å². The topological polar surface area (TPSA) is 55.8 Å². The van der Waals surface area contributed by atoms with E-state index in [0.717, 1.165) is 6.42 Å². The van der Waals surface area contributed by atoms with Crippen LogP contribution in [0.25, 0.3) is 11.1 Å². The Hall–Kier alpha value is -2.70. The third-order valence-corrected chi connectivity index (χ3v) is 3.09. The van der Waals surface area contributed by atoms with Crippen LogP contribution < -0.4 is 9.47 Å². The van der Waals surface area contributed by atoms with Gasteiger partial charge in [-0.3, -0.25) is 0 Å². The van der Waals surface area contributed by atoms with Crippen molar-refractivity contribution in [1.82, 2.24) is 0 Å². The van der Waals surface area contributed by atoms with Crippen LogP contribution in [0.3, 0.4) is 0 Å². The van der Waals surface area contributed by atoms with E-state index in [1.807, 2.05) is 6.92 Å². The van der Waals surface area contributed by atoms with E-state index in [0.29, 0.717) is 17.7 Å². The van der Waals surface area contributed by atoms with E-state index in [9.17, 15) is 23.1 Å². The Bertz CT molecular complexity index is 709. The lowest BCUT2D eigenvalue weighted by Crippen LogP contribution is -2.16. The molecule has 0 atom stereocenters. The first-order valence-electron chi connectivity index (χ1n) is 7.16. The summed E-state index contributed by atoms with van der Waals surface area (Å²) in [5.74, 6) is -1.22. The smallest absolute Gasteiger partial charge is 0.493 e. The summed E-state index contributed by atoms with van der Waals surface area (Å²) in [6.07, 6.45) is -4.02. The average molecular weight is 340 g/mol. The zero-order valence-corrected chi connectivity index (χ0v) is 12.8. The van der Waals surface area contributed by atoms with Crippen molar-refractivity contribution in [1.29, 1.82) is 0 Å². The van der Waals surface area contributed by atoms with Crippen molar-refractivity contribution in [3.8, 4) is 22.6 Å². The Morgan fingerprint density at radius 2 is 1.71 bits per heavy atom. The first-order valence-corrected chi connectivity index (χ1v) is 7.16. The minimum Gasteiger partial charge on any atom is -0.493 e. The largest absolute Gasteiger partial charge is 0.573 e. The standard InChI is InChI=1S/C17H15F3O4/c1-2-9-23-15-8-5-12(10-14(15)16(21)22)11-3-6-13(7-4-11)24-17(18,19)20/h3-8,10H,2,9H2,1H3,(H,21,22). The molecule has 0 saturated carbocycles. The average Bonchev–Trinajstić information content (AvgIpc) is 2.52. The highest BCUT2D eigenvalue weighted by Crippen LogP contribution is 2.29. The van der Waals surface area contributed by atoms with Crippen LogP contribution in [0.5, 0.6) is 11.5 Å². The fourth-order valence-electron chi connectivity index (χ4n) is 2.06. The number of halogens is 3. The summed E-state index contributed by atoms with van der Waals surface area (Å²) in [4.78, 5) is 11.4. The first kappa shape index (κ1) is 17.7. The second kappa shape index (κ2) is 7.25. The molecule has 0 aliphatic heterocycles. The fraction of sp³-hybridized carbons (Fsp3) is 0.235. The molecule has 128 valence electrons. The van der Waals surface area contributed by atoms with Crippen molar-refractivity contribution in [2.24, 2.45) is 0 Å². The predicted octanol–water partition coefficient (Wildman–Crippen LogP) is 4.74. The maximum Gasteiger partial charge on any atom is 0.573 e. The Balaban J connectivity index is 2.28. The molecule has 0 saturated heterocycles. The quantitative estimate of drug-likeness (QED) is 0.825. The summed E-state index contributed by atoms with van der Waals surface area (Å²) in [5, 5.41) is 9.28. The molecule has 1 N–H and O–H groups in total. The lowest BCUT2D eigenvalue weighted by atomic mass is 10.0. The lowest BCUT2D eigenvalue weighted by molar-refractivity contribution is -0.274. The molecule has 0 spiro atoms. The van der Waals surface area contributed by atoms with Gasteiger partial charge in [0, 0.05) is 0 Å². The molecule has 4 nitrogen and oxygen atoms in total. The number of alkyl halides is 3. The molecule has 0 unspecified atom stereocenters. The molecule has 2 aromatic carbocycles. The van der Waals surface area contributed by atoms with Gasteiger partial charge in [-0.1, -0.05) is 25.1 Å². The van der Waals surface area contributed by atoms with E-state index in [2.05, 4.69) is 4.74 Å². The van der Waals surface area contributed by atoms with Crippen LogP contribution in [0.2, 0.25) is 0 Å². The van der Waals surface area contributed by atoms with E-state index in [1.165, 1.54) is 36.4 Å². The number of carboxylic acid groups (broad SMARTS) is 1. The van der Waals surface area contributed by atoms with Crippen molar-refractivity contribution in [3.05, 3.63) is 48.0 Å². The van der Waals surface area contributed by atoms with Gasteiger partial charge in [-0.05, 0) is 41.8 Å². The highest BCUT2D eigenvalue weighted by atomic mass is 19.4. The van der Waals surface area contributed by atoms with Crippen LogP contribution in [-0.2, 0) is 0 Å². The fourth-order valence-corrected chi connectivity index (χ4v) is 2.06. The van der Waals surface area contributed by atoms with Gasteiger partial charge >= 0.3 is 12.3 Å². The molecular weight excluding hydrogens is 325 g/mol. The number of hydrogen-bond donors (Lipinski definition) is 1. The van der Waals surface area contributed by atoms with Crippen molar-refractivity contribution in [2.75, 3.05) is 6.61 Å². The second-order valence-corrected chi connectivity index (χ2v) is 4.94. The Morgan fingerprint density at radius 1 is 1.08 bits per heavy atom. The summed E-state index contributed by atoms with van der Waals surface area (Å²) in [7, 11) is 0. The number of carbonyl (C=O) groups is 1. The molecule has 0 bridgehead atoms. The molecular formula is C17H15F3O4. The van der Waals surface area contributed by atoms with Crippen molar-refractivity contribution >= 4 is 5.97 Å². The maximum atomic E-state index is 12.2. The van der Waals surface area contributed by atoms with Gasteiger partial charge in [-0.15, -0.1) is 13.2 Å². The summed E-state index contributed by atoms with van der Waals surface area (Å²) in [6, 6.07) is 9.80. The summed E-state index contributed by atoms with van der Waals surface area (Å²) < 4.78 is 45.6. The molecule has 0 radical (unpaired) electrons. The number of aromatic carboxylic acids is 1. The van der Waals surface area contributed by atoms with Gasteiger partial charge in [-0.25, -0.2) is 4.79 Å². The van der Waals surface area contributed by atoms with Gasteiger partial charge in [0.25, 0.3) is 0 Å². The van der Waals surface area contributed by atoms with E-state index in [4.69, 9.17) is 4.74 Å². The molecule has 0 amide bonds. The van der Waals surface area contributed by atoms with Gasteiger partial charge in [0.2, 0.25) is 0 Å². The number of ether oxygens (including phenoxy) is 2. The van der Waals surface area contributed by atoms with Gasteiger partial charge in [0.05, 0.1) is 6.61 Å². The van der Waals surface area contributed by atoms with Crippen LogP contribution in [0.1, 0.15) is 23.7 Å². The van der Waals surface area contributed by atoms with Gasteiger partial charge in [0.1, 0.15) is 17.1 Å². The Labute approximate surface area is 136 Å². The van der Waals surface area contributed by atoms with Crippen molar-refractivity contribution in [2.45, 2.75) is 19.7 Å². The zero-order valence-electron chi connectivity index (χ0n) is 12.8. The monoisotopic (exact) mass is 340 g/mol. The number of rotatable bonds is 6. The second-order valence-electron chi connectivity index (χ2n) is 4.94. The van der Waals surface area contributed by atoms with E-state index < -0.39 is 12.3 Å². The van der Waals surface area contributed by atoms with Crippen LogP contribution in [0.4, 0.5) is 13.2 Å². The normalized spacial score (nSPS) is 11.2. The molecule has 7 heteroatoms. The number of carboxylic acids is 1. The molecule has 0 aliphatic carbocycles. The van der Waals surface area contributed by atoms with Gasteiger partial charge < -0.3 is 14.6 Å². The highest BCUT2D eigenvalue weighted by molar-refractivity contribution is 5.92. The SMILES string of the molecule is CCCOc1ccc(-c2ccc(OC(F)(F)F)cc2)cc1C(=O)O. The lowest BCUT2D eigenvalue weighted by Gasteiger charge is -2.11. The van der Waals surface area contributed by atoms with E-state index in [-0.39, 0.29) is 17.1 Å². The first-order chi connectivity index (χ1) is 11.3. The summed E-state index contributed by atoms with van der Waals surface area (Å²) >= 11 is 0. The van der Waals surface area contributed by atoms with Crippen LogP contribution in [0, 0.1) is 0 Å². The maximum absolute atomic E-state index is 12.2. The van der Waals surface area contributed by atoms with Crippen molar-refractivity contribution in [3.63, 3.8) is 0 Å². The molecule has 0 fully saturated rings. The third kappa shape index (κ3) is 4.65. The van der Waals surface area contributed by atoms with Crippen molar-refractivity contribution < 1.29 is 32.5 Å². The zero-order chi connectivity index (χ0) is 17.7.